The van der Waals surface area contributed by atoms with E-state index in [0.717, 1.165) is 6.42 Å². The molecule has 0 aliphatic heterocycles. The maximum atomic E-state index is 4.37. The molecule has 3 rings (SSSR count). The van der Waals surface area contributed by atoms with Gasteiger partial charge in [0.2, 0.25) is 0 Å². The summed E-state index contributed by atoms with van der Waals surface area (Å²) in [7, 11) is 0. The molecular formula is C24H24. The Labute approximate surface area is 145 Å². The molecule has 0 spiro atoms. The Morgan fingerprint density at radius 1 is 0.750 bits per heavy atom. The summed E-state index contributed by atoms with van der Waals surface area (Å²) in [6.07, 6.45) is 0.894. The summed E-state index contributed by atoms with van der Waals surface area (Å²) in [5, 5.41) is 0. The van der Waals surface area contributed by atoms with Crippen molar-refractivity contribution in [2.75, 3.05) is 0 Å². The number of benzene rings is 3. The first kappa shape index (κ1) is 16.3. The minimum atomic E-state index is 0.894. The molecule has 0 nitrogen and oxygen atoms in total. The summed E-state index contributed by atoms with van der Waals surface area (Å²) in [4.78, 5) is 0. The summed E-state index contributed by atoms with van der Waals surface area (Å²) in [5.74, 6) is 0. The molecular weight excluding hydrogens is 288 g/mol. The summed E-state index contributed by atoms with van der Waals surface area (Å²) in [6, 6.07) is 23.9. The fourth-order valence-electron chi connectivity index (χ4n) is 3.14. The van der Waals surface area contributed by atoms with E-state index >= 15 is 0 Å². The van der Waals surface area contributed by atoms with Crippen LogP contribution in [0.4, 0.5) is 0 Å². The van der Waals surface area contributed by atoms with Crippen LogP contribution in [0, 0.1) is 20.8 Å². The van der Waals surface area contributed by atoms with Crippen LogP contribution in [0.1, 0.15) is 27.8 Å². The molecule has 0 aromatic heterocycles. The van der Waals surface area contributed by atoms with Gasteiger partial charge < -0.3 is 0 Å². The Hall–Kier alpha value is -2.60. The van der Waals surface area contributed by atoms with Gasteiger partial charge in [0, 0.05) is 0 Å². The second-order valence-corrected chi connectivity index (χ2v) is 6.61. The molecule has 0 saturated heterocycles. The van der Waals surface area contributed by atoms with Crippen LogP contribution in [0.3, 0.4) is 0 Å². The lowest BCUT2D eigenvalue weighted by Gasteiger charge is -2.14. The molecule has 0 amide bonds. The second kappa shape index (κ2) is 6.88. The van der Waals surface area contributed by atoms with Gasteiger partial charge in [-0.05, 0) is 72.2 Å². The molecule has 120 valence electrons. The first-order valence-corrected chi connectivity index (χ1v) is 8.45. The van der Waals surface area contributed by atoms with E-state index in [-0.39, 0.29) is 0 Å². The number of aryl methyl sites for hydroxylation is 3. The standard InChI is InChI=1S/C24H24/c1-17-8-7-11-22(14-17)23-13-12-19(3)24(16-23)20(4)15-21-10-6-5-9-18(21)2/h5-14,16H,4,15H2,1-3H3. The molecule has 0 heterocycles. The third-order valence-corrected chi connectivity index (χ3v) is 4.63. The normalized spacial score (nSPS) is 10.6. The zero-order valence-corrected chi connectivity index (χ0v) is 14.8. The Balaban J connectivity index is 1.94. The van der Waals surface area contributed by atoms with E-state index < -0.39 is 0 Å². The molecule has 0 atom stereocenters. The van der Waals surface area contributed by atoms with Crippen LogP contribution in [0.25, 0.3) is 16.7 Å². The van der Waals surface area contributed by atoms with E-state index in [0.29, 0.717) is 0 Å². The summed E-state index contributed by atoms with van der Waals surface area (Å²) < 4.78 is 0. The summed E-state index contributed by atoms with van der Waals surface area (Å²) in [6.45, 7) is 10.8. The van der Waals surface area contributed by atoms with Crippen molar-refractivity contribution in [3.05, 3.63) is 101 Å². The van der Waals surface area contributed by atoms with Crippen molar-refractivity contribution < 1.29 is 0 Å². The highest BCUT2D eigenvalue weighted by molar-refractivity contribution is 5.75. The van der Waals surface area contributed by atoms with Crippen molar-refractivity contribution in [2.24, 2.45) is 0 Å². The lowest BCUT2D eigenvalue weighted by molar-refractivity contribution is 1.22. The van der Waals surface area contributed by atoms with Crippen molar-refractivity contribution in [3.63, 3.8) is 0 Å². The van der Waals surface area contributed by atoms with E-state index in [4.69, 9.17) is 0 Å². The molecule has 0 unspecified atom stereocenters. The predicted molar refractivity (Wildman–Crippen MR) is 105 cm³/mol. The maximum Gasteiger partial charge on any atom is -0.00230 e. The molecule has 3 aromatic rings. The van der Waals surface area contributed by atoms with Crippen molar-refractivity contribution in [2.45, 2.75) is 27.2 Å². The molecule has 0 fully saturated rings. The number of hydrogen-bond donors (Lipinski definition) is 0. The van der Waals surface area contributed by atoms with E-state index in [1.54, 1.807) is 0 Å². The lowest BCUT2D eigenvalue weighted by Crippen LogP contribution is -1.95. The number of allylic oxidation sites excluding steroid dienone is 1. The van der Waals surface area contributed by atoms with E-state index in [9.17, 15) is 0 Å². The minimum Gasteiger partial charge on any atom is -0.0949 e. The molecule has 0 bridgehead atoms. The van der Waals surface area contributed by atoms with Crippen molar-refractivity contribution in [3.8, 4) is 11.1 Å². The maximum absolute atomic E-state index is 4.37. The highest BCUT2D eigenvalue weighted by Gasteiger charge is 2.08. The molecule has 24 heavy (non-hydrogen) atoms. The smallest absolute Gasteiger partial charge is 0.00230 e. The molecule has 0 heteroatoms. The van der Waals surface area contributed by atoms with E-state index in [1.165, 1.54) is 44.5 Å². The Morgan fingerprint density at radius 2 is 1.50 bits per heavy atom. The van der Waals surface area contributed by atoms with Crippen LogP contribution < -0.4 is 0 Å². The zero-order valence-electron chi connectivity index (χ0n) is 14.8. The van der Waals surface area contributed by atoms with Gasteiger partial charge in [-0.3, -0.25) is 0 Å². The third-order valence-electron chi connectivity index (χ3n) is 4.63. The molecule has 0 saturated carbocycles. The monoisotopic (exact) mass is 312 g/mol. The SMILES string of the molecule is C=C(Cc1ccccc1C)c1cc(-c2cccc(C)c2)ccc1C. The van der Waals surface area contributed by atoms with E-state index in [2.05, 4.69) is 94.1 Å². The van der Waals surface area contributed by atoms with Gasteiger partial charge in [-0.15, -0.1) is 0 Å². The topological polar surface area (TPSA) is 0 Å². The molecule has 0 radical (unpaired) electrons. The zero-order chi connectivity index (χ0) is 17.1. The highest BCUT2D eigenvalue weighted by atomic mass is 14.1. The first-order chi connectivity index (χ1) is 11.5. The Kier molecular flexibility index (Phi) is 4.66. The summed E-state index contributed by atoms with van der Waals surface area (Å²) >= 11 is 0. The second-order valence-electron chi connectivity index (χ2n) is 6.61. The Bertz CT molecular complexity index is 884. The van der Waals surface area contributed by atoms with Crippen molar-refractivity contribution >= 4 is 5.57 Å². The van der Waals surface area contributed by atoms with Gasteiger partial charge in [-0.2, -0.15) is 0 Å². The van der Waals surface area contributed by atoms with Gasteiger partial charge in [-0.1, -0.05) is 72.8 Å². The molecule has 3 aromatic carbocycles. The predicted octanol–water partition coefficient (Wildman–Crippen LogP) is 6.53. The van der Waals surface area contributed by atoms with Crippen molar-refractivity contribution in [1.29, 1.82) is 0 Å². The summed E-state index contributed by atoms with van der Waals surface area (Å²) in [5.41, 5.74) is 10.2. The fourth-order valence-corrected chi connectivity index (χ4v) is 3.14. The van der Waals surface area contributed by atoms with Crippen LogP contribution >= 0.6 is 0 Å². The fraction of sp³-hybridized carbons (Fsp3) is 0.167. The quantitative estimate of drug-likeness (QED) is 0.513. The number of hydrogen-bond acceptors (Lipinski definition) is 0. The van der Waals surface area contributed by atoms with Crippen molar-refractivity contribution in [1.82, 2.24) is 0 Å². The van der Waals surface area contributed by atoms with Crippen LogP contribution in [-0.4, -0.2) is 0 Å². The van der Waals surface area contributed by atoms with Crippen LogP contribution in [0.5, 0.6) is 0 Å². The van der Waals surface area contributed by atoms with Gasteiger partial charge >= 0.3 is 0 Å². The molecule has 0 N–H and O–H groups in total. The van der Waals surface area contributed by atoms with Gasteiger partial charge in [0.15, 0.2) is 0 Å². The number of rotatable bonds is 4. The largest absolute Gasteiger partial charge is 0.0949 e. The third kappa shape index (κ3) is 3.49. The average Bonchev–Trinajstić information content (AvgIpc) is 2.57. The van der Waals surface area contributed by atoms with Gasteiger partial charge in [0.1, 0.15) is 0 Å². The lowest BCUT2D eigenvalue weighted by atomic mass is 9.91. The van der Waals surface area contributed by atoms with Crippen LogP contribution in [0.15, 0.2) is 73.3 Å². The van der Waals surface area contributed by atoms with Crippen LogP contribution in [-0.2, 0) is 6.42 Å². The van der Waals surface area contributed by atoms with Gasteiger partial charge in [0.25, 0.3) is 0 Å². The molecule has 0 aliphatic carbocycles. The van der Waals surface area contributed by atoms with Gasteiger partial charge in [-0.25, -0.2) is 0 Å². The minimum absolute atomic E-state index is 0.894. The van der Waals surface area contributed by atoms with E-state index in [1.807, 2.05) is 0 Å². The van der Waals surface area contributed by atoms with Crippen LogP contribution in [0.2, 0.25) is 0 Å². The average molecular weight is 312 g/mol. The Morgan fingerprint density at radius 3 is 2.25 bits per heavy atom. The van der Waals surface area contributed by atoms with Gasteiger partial charge in [0.05, 0.1) is 0 Å². The highest BCUT2D eigenvalue weighted by Crippen LogP contribution is 2.28. The molecule has 0 aliphatic rings. The first-order valence-electron chi connectivity index (χ1n) is 8.45.